The Balaban J connectivity index is 2.16. The Morgan fingerprint density at radius 2 is 1.89 bits per heavy atom. The Kier molecular flexibility index (Phi) is 4.09. The molecule has 0 heterocycles. The molecule has 0 bridgehead atoms. The maximum atomic E-state index is 13.5. The number of thioether (sulfide) groups is 1. The smallest absolute Gasteiger partial charge is 0.138 e. The first-order chi connectivity index (χ1) is 8.58. The Morgan fingerprint density at radius 3 is 2.56 bits per heavy atom. The fourth-order valence-corrected chi connectivity index (χ4v) is 2.72. The highest BCUT2D eigenvalue weighted by molar-refractivity contribution is 7.98. The lowest BCUT2D eigenvalue weighted by molar-refractivity contribution is 0.602. The predicted molar refractivity (Wildman–Crippen MR) is 71.8 cm³/mol. The van der Waals surface area contributed by atoms with Crippen molar-refractivity contribution in [3.05, 3.63) is 58.6 Å². The van der Waals surface area contributed by atoms with E-state index in [-0.39, 0.29) is 11.6 Å². The monoisotopic (exact) mass is 285 g/mol. The van der Waals surface area contributed by atoms with Crippen LogP contribution in [0.3, 0.4) is 0 Å². The van der Waals surface area contributed by atoms with Gasteiger partial charge in [-0.1, -0.05) is 17.7 Å². The third kappa shape index (κ3) is 2.94. The number of hydrogen-bond donors (Lipinski definition) is 1. The number of halogens is 3. The zero-order valence-electron chi connectivity index (χ0n) is 9.29. The van der Waals surface area contributed by atoms with Crippen LogP contribution < -0.4 is 5.73 Å². The van der Waals surface area contributed by atoms with Crippen LogP contribution in [0, 0.1) is 11.6 Å². The molecule has 0 atom stereocenters. The van der Waals surface area contributed by atoms with E-state index in [4.69, 9.17) is 17.3 Å². The molecule has 0 radical (unpaired) electrons. The number of rotatable bonds is 3. The molecule has 94 valence electrons. The minimum Gasteiger partial charge on any atom is -0.399 e. The quantitative estimate of drug-likeness (QED) is 0.664. The highest BCUT2D eigenvalue weighted by atomic mass is 35.5. The summed E-state index contributed by atoms with van der Waals surface area (Å²) in [6.07, 6.45) is 0. The van der Waals surface area contributed by atoms with Crippen molar-refractivity contribution >= 4 is 29.1 Å². The van der Waals surface area contributed by atoms with Gasteiger partial charge < -0.3 is 5.73 Å². The molecule has 2 N–H and O–H groups in total. The van der Waals surface area contributed by atoms with E-state index in [1.165, 1.54) is 30.0 Å². The molecule has 0 aliphatic rings. The lowest BCUT2D eigenvalue weighted by atomic mass is 10.2. The zero-order valence-corrected chi connectivity index (χ0v) is 10.9. The van der Waals surface area contributed by atoms with Crippen molar-refractivity contribution in [1.82, 2.24) is 0 Å². The van der Waals surface area contributed by atoms with Crippen LogP contribution in [0.1, 0.15) is 5.56 Å². The molecule has 0 amide bonds. The highest BCUT2D eigenvalue weighted by Crippen LogP contribution is 2.30. The Morgan fingerprint density at radius 1 is 1.11 bits per heavy atom. The second-order valence-corrected chi connectivity index (χ2v) is 5.10. The van der Waals surface area contributed by atoms with E-state index >= 15 is 0 Å². The third-order valence-corrected chi connectivity index (χ3v) is 3.82. The van der Waals surface area contributed by atoms with Crippen LogP contribution in [0.15, 0.2) is 41.3 Å². The summed E-state index contributed by atoms with van der Waals surface area (Å²) in [5.41, 5.74) is 6.19. The first kappa shape index (κ1) is 13.2. The molecule has 1 nitrogen and oxygen atoms in total. The number of nitrogen functional groups attached to an aromatic ring is 1. The second kappa shape index (κ2) is 5.59. The molecule has 0 unspecified atom stereocenters. The van der Waals surface area contributed by atoms with Crippen LogP contribution in [-0.2, 0) is 5.75 Å². The van der Waals surface area contributed by atoms with Crippen molar-refractivity contribution < 1.29 is 8.78 Å². The summed E-state index contributed by atoms with van der Waals surface area (Å²) in [7, 11) is 0. The SMILES string of the molecule is Nc1ccc(SCc2c(F)cccc2Cl)c(F)c1. The van der Waals surface area contributed by atoms with Crippen molar-refractivity contribution in [3.8, 4) is 0 Å². The molecule has 0 aromatic heterocycles. The van der Waals surface area contributed by atoms with E-state index < -0.39 is 5.82 Å². The van der Waals surface area contributed by atoms with Crippen LogP contribution in [0.2, 0.25) is 5.02 Å². The number of anilines is 1. The normalized spacial score (nSPS) is 10.6. The summed E-state index contributed by atoms with van der Waals surface area (Å²) in [5, 5.41) is 0.346. The maximum Gasteiger partial charge on any atom is 0.138 e. The molecule has 0 aliphatic heterocycles. The first-order valence-corrected chi connectivity index (χ1v) is 6.55. The van der Waals surface area contributed by atoms with Crippen molar-refractivity contribution in [2.24, 2.45) is 0 Å². The van der Waals surface area contributed by atoms with E-state index in [1.54, 1.807) is 18.2 Å². The average molecular weight is 286 g/mol. The summed E-state index contributed by atoms with van der Waals surface area (Å²) in [6, 6.07) is 8.90. The first-order valence-electron chi connectivity index (χ1n) is 5.18. The zero-order chi connectivity index (χ0) is 13.1. The van der Waals surface area contributed by atoms with Gasteiger partial charge in [0.15, 0.2) is 0 Å². The summed E-state index contributed by atoms with van der Waals surface area (Å²) < 4.78 is 27.0. The predicted octanol–water partition coefficient (Wildman–Crippen LogP) is 4.49. The maximum absolute atomic E-state index is 13.5. The average Bonchev–Trinajstić information content (AvgIpc) is 2.31. The molecule has 2 rings (SSSR count). The highest BCUT2D eigenvalue weighted by Gasteiger charge is 2.09. The molecule has 0 saturated heterocycles. The number of benzene rings is 2. The number of hydrogen-bond acceptors (Lipinski definition) is 2. The molecule has 0 fully saturated rings. The van der Waals surface area contributed by atoms with E-state index in [1.807, 2.05) is 0 Å². The Hall–Kier alpha value is -1.26. The van der Waals surface area contributed by atoms with E-state index in [9.17, 15) is 8.78 Å². The van der Waals surface area contributed by atoms with Gasteiger partial charge in [-0.2, -0.15) is 0 Å². The number of nitrogens with two attached hydrogens (primary N) is 1. The lowest BCUT2D eigenvalue weighted by Gasteiger charge is -2.07. The van der Waals surface area contributed by atoms with Crippen molar-refractivity contribution in [1.29, 1.82) is 0 Å². The van der Waals surface area contributed by atoms with Crippen LogP contribution in [0.5, 0.6) is 0 Å². The van der Waals surface area contributed by atoms with Gasteiger partial charge in [-0.15, -0.1) is 11.8 Å². The van der Waals surface area contributed by atoms with Gasteiger partial charge in [0.25, 0.3) is 0 Å². The molecular weight excluding hydrogens is 276 g/mol. The topological polar surface area (TPSA) is 26.0 Å². The van der Waals surface area contributed by atoms with Gasteiger partial charge in [0, 0.05) is 26.9 Å². The van der Waals surface area contributed by atoms with Gasteiger partial charge in [0.05, 0.1) is 0 Å². The molecule has 2 aromatic rings. The molecule has 18 heavy (non-hydrogen) atoms. The summed E-state index contributed by atoms with van der Waals surface area (Å²) in [6.45, 7) is 0. The van der Waals surface area contributed by atoms with E-state index in [0.717, 1.165) is 0 Å². The molecule has 5 heteroatoms. The van der Waals surface area contributed by atoms with Crippen molar-refractivity contribution in [2.75, 3.05) is 5.73 Å². The standard InChI is InChI=1S/C13H10ClF2NS/c14-10-2-1-3-11(15)9(10)7-18-13-5-4-8(17)6-12(13)16/h1-6H,7,17H2. The van der Waals surface area contributed by atoms with Crippen LogP contribution >= 0.6 is 23.4 Å². The van der Waals surface area contributed by atoms with Gasteiger partial charge in [0.1, 0.15) is 11.6 Å². The lowest BCUT2D eigenvalue weighted by Crippen LogP contribution is -1.91. The van der Waals surface area contributed by atoms with E-state index in [0.29, 0.717) is 21.2 Å². The molecule has 2 aromatic carbocycles. The summed E-state index contributed by atoms with van der Waals surface area (Å²) in [4.78, 5) is 0.420. The molecule has 0 saturated carbocycles. The van der Waals surface area contributed by atoms with Crippen molar-refractivity contribution in [2.45, 2.75) is 10.6 Å². The minimum absolute atomic E-state index is 0.270. The van der Waals surface area contributed by atoms with Gasteiger partial charge in [0.2, 0.25) is 0 Å². The van der Waals surface area contributed by atoms with E-state index in [2.05, 4.69) is 0 Å². The fraction of sp³-hybridized carbons (Fsp3) is 0.0769. The second-order valence-electron chi connectivity index (χ2n) is 3.68. The third-order valence-electron chi connectivity index (χ3n) is 2.39. The molecule has 0 aliphatic carbocycles. The summed E-state index contributed by atoms with van der Waals surface area (Å²) in [5.74, 6) is -0.523. The molecule has 0 spiro atoms. The van der Waals surface area contributed by atoms with Gasteiger partial charge in [-0.3, -0.25) is 0 Å². The minimum atomic E-state index is -0.410. The van der Waals surface area contributed by atoms with Crippen LogP contribution in [0.4, 0.5) is 14.5 Å². The van der Waals surface area contributed by atoms with Gasteiger partial charge in [-0.05, 0) is 30.3 Å². The summed E-state index contributed by atoms with van der Waals surface area (Å²) >= 11 is 7.08. The Bertz CT molecular complexity index is 555. The fourth-order valence-electron chi connectivity index (χ4n) is 1.45. The van der Waals surface area contributed by atoms with Gasteiger partial charge >= 0.3 is 0 Å². The largest absolute Gasteiger partial charge is 0.399 e. The van der Waals surface area contributed by atoms with Crippen molar-refractivity contribution in [3.63, 3.8) is 0 Å². The van der Waals surface area contributed by atoms with Crippen LogP contribution in [-0.4, -0.2) is 0 Å². The molecular formula is C13H10ClF2NS. The Labute approximate surface area is 113 Å². The van der Waals surface area contributed by atoms with Gasteiger partial charge in [-0.25, -0.2) is 8.78 Å². The van der Waals surface area contributed by atoms with Crippen LogP contribution in [0.25, 0.3) is 0 Å².